The lowest BCUT2D eigenvalue weighted by Gasteiger charge is -2.29. The molecule has 0 radical (unpaired) electrons. The molecule has 0 saturated heterocycles. The minimum atomic E-state index is 1.11. The van der Waals surface area contributed by atoms with Gasteiger partial charge in [0.05, 0.1) is 32.8 Å². The number of hydrogen-bond acceptors (Lipinski definition) is 3. The van der Waals surface area contributed by atoms with E-state index in [0.717, 1.165) is 34.1 Å². The van der Waals surface area contributed by atoms with E-state index in [9.17, 15) is 0 Å². The maximum atomic E-state index is 2.47. The van der Waals surface area contributed by atoms with Crippen molar-refractivity contribution in [3.8, 4) is 5.69 Å². The van der Waals surface area contributed by atoms with Gasteiger partial charge in [-0.05, 0) is 84.9 Å². The monoisotopic (exact) mass is 683 g/mol. The summed E-state index contributed by atoms with van der Waals surface area (Å²) < 4.78 is 4.94. The average Bonchev–Trinajstić information content (AvgIpc) is 3.78. The zero-order valence-electron chi connectivity index (χ0n) is 28.3. The van der Waals surface area contributed by atoms with Gasteiger partial charge in [0.2, 0.25) is 0 Å². The molecule has 0 aliphatic heterocycles. The summed E-state index contributed by atoms with van der Waals surface area (Å²) in [5.41, 5.74) is 10.3. The Morgan fingerprint density at radius 3 is 1.27 bits per heavy atom. The van der Waals surface area contributed by atoms with Gasteiger partial charge >= 0.3 is 0 Å². The molecule has 0 amide bonds. The molecule has 0 bridgehead atoms. The van der Waals surface area contributed by atoms with Crippen LogP contribution in [0.5, 0.6) is 0 Å². The Labute approximate surface area is 306 Å². The quantitative estimate of drug-likeness (QED) is 0.166. The first-order valence-electron chi connectivity index (χ1n) is 17.6. The Bertz CT molecular complexity index is 2710. The molecular weight excluding hydrogens is 651 g/mol. The van der Waals surface area contributed by atoms with Gasteiger partial charge in [0, 0.05) is 49.0 Å². The van der Waals surface area contributed by atoms with Crippen molar-refractivity contribution in [1.82, 2.24) is 4.57 Å². The highest BCUT2D eigenvalue weighted by Crippen LogP contribution is 2.52. The van der Waals surface area contributed by atoms with Crippen molar-refractivity contribution in [2.75, 3.05) is 9.80 Å². The first-order valence-corrected chi connectivity index (χ1v) is 18.4. The summed E-state index contributed by atoms with van der Waals surface area (Å²) in [4.78, 5) is 4.81. The maximum Gasteiger partial charge on any atom is 0.0641 e. The average molecular weight is 684 g/mol. The summed E-state index contributed by atoms with van der Waals surface area (Å²) in [5.74, 6) is 0. The normalized spacial score (nSPS) is 11.5. The Kier molecular flexibility index (Phi) is 7.33. The van der Waals surface area contributed by atoms with Crippen LogP contribution in [-0.4, -0.2) is 4.57 Å². The van der Waals surface area contributed by atoms with Crippen molar-refractivity contribution in [2.45, 2.75) is 0 Å². The van der Waals surface area contributed by atoms with Crippen LogP contribution >= 0.6 is 11.3 Å². The third kappa shape index (κ3) is 4.88. The van der Waals surface area contributed by atoms with E-state index >= 15 is 0 Å². The Morgan fingerprint density at radius 2 is 0.769 bits per heavy atom. The van der Waals surface area contributed by atoms with Crippen LogP contribution in [0.4, 0.5) is 34.1 Å². The van der Waals surface area contributed by atoms with E-state index in [1.807, 2.05) is 11.3 Å². The zero-order chi connectivity index (χ0) is 34.4. The van der Waals surface area contributed by atoms with Crippen molar-refractivity contribution in [3.05, 3.63) is 200 Å². The summed E-state index contributed by atoms with van der Waals surface area (Å²) >= 11 is 1.87. The van der Waals surface area contributed by atoms with Gasteiger partial charge in [-0.1, -0.05) is 115 Å². The van der Waals surface area contributed by atoms with Crippen LogP contribution in [-0.2, 0) is 0 Å². The van der Waals surface area contributed by atoms with E-state index in [1.165, 1.54) is 47.7 Å². The second-order valence-electron chi connectivity index (χ2n) is 12.9. The Balaban J connectivity index is 1.37. The van der Waals surface area contributed by atoms with Crippen molar-refractivity contribution >= 4 is 87.4 Å². The molecule has 0 spiro atoms. The van der Waals surface area contributed by atoms with Crippen LogP contribution in [0.1, 0.15) is 0 Å². The maximum absolute atomic E-state index is 2.47. The van der Waals surface area contributed by atoms with E-state index in [-0.39, 0.29) is 0 Å². The standard InChI is InChI=1S/C48H33N3S/c1-5-18-34(19-6-1)49(35-20-7-2-8-21-35)43-32-33-44(50(36-22-9-3-10-23-36)37-24-11-4-12-25-37)48-47(43)46-42(30-17-31-45(46)52-48)51-40-28-15-13-26-38(40)39-27-14-16-29-41(39)51/h1-33H. The van der Waals surface area contributed by atoms with Gasteiger partial charge in [0.15, 0.2) is 0 Å². The molecule has 0 unspecified atom stereocenters. The molecule has 0 aliphatic carbocycles. The van der Waals surface area contributed by atoms with Crippen molar-refractivity contribution in [1.29, 1.82) is 0 Å². The van der Waals surface area contributed by atoms with Crippen LogP contribution in [0.25, 0.3) is 47.7 Å². The number of hydrogen-bond donors (Lipinski definition) is 0. The number of thiophene rings is 1. The zero-order valence-corrected chi connectivity index (χ0v) is 29.1. The molecule has 52 heavy (non-hydrogen) atoms. The molecule has 3 nitrogen and oxygen atoms in total. The smallest absolute Gasteiger partial charge is 0.0641 e. The molecule has 0 atom stereocenters. The van der Waals surface area contributed by atoms with Gasteiger partial charge in [0.1, 0.15) is 0 Å². The predicted octanol–water partition coefficient (Wildman–Crippen LogP) is 14.1. The minimum absolute atomic E-state index is 1.11. The summed E-state index contributed by atoms with van der Waals surface area (Å²) in [5, 5.41) is 4.97. The second-order valence-corrected chi connectivity index (χ2v) is 14.0. The highest BCUT2D eigenvalue weighted by atomic mass is 32.1. The highest BCUT2D eigenvalue weighted by molar-refractivity contribution is 7.26. The summed E-state index contributed by atoms with van der Waals surface area (Å²) in [7, 11) is 0. The molecule has 10 aromatic rings. The number of benzene rings is 8. The van der Waals surface area contributed by atoms with Crippen molar-refractivity contribution in [3.63, 3.8) is 0 Å². The third-order valence-electron chi connectivity index (χ3n) is 9.94. The van der Waals surface area contributed by atoms with Gasteiger partial charge in [0.25, 0.3) is 0 Å². The number of para-hydroxylation sites is 6. The topological polar surface area (TPSA) is 11.4 Å². The molecular formula is C48H33N3S. The first kappa shape index (κ1) is 30.2. The molecule has 8 aromatic carbocycles. The Hall–Kier alpha value is -6.62. The fraction of sp³-hybridized carbons (Fsp3) is 0. The number of nitrogens with zero attached hydrogens (tertiary/aromatic N) is 3. The van der Waals surface area contributed by atoms with Crippen LogP contribution in [0.3, 0.4) is 0 Å². The lowest BCUT2D eigenvalue weighted by Crippen LogP contribution is -2.12. The van der Waals surface area contributed by atoms with E-state index < -0.39 is 0 Å². The van der Waals surface area contributed by atoms with E-state index in [0.29, 0.717) is 0 Å². The number of fused-ring (bicyclic) bond motifs is 6. The second kappa shape index (κ2) is 12.6. The van der Waals surface area contributed by atoms with Crippen LogP contribution in [0.2, 0.25) is 0 Å². The molecule has 10 rings (SSSR count). The molecule has 2 heterocycles. The Morgan fingerprint density at radius 1 is 0.346 bits per heavy atom. The summed E-state index contributed by atoms with van der Waals surface area (Å²) in [6, 6.07) is 71.9. The summed E-state index contributed by atoms with van der Waals surface area (Å²) in [6.07, 6.45) is 0. The van der Waals surface area contributed by atoms with Crippen LogP contribution in [0.15, 0.2) is 200 Å². The minimum Gasteiger partial charge on any atom is -0.310 e. The number of anilines is 6. The predicted molar refractivity (Wildman–Crippen MR) is 223 cm³/mol. The van der Waals surface area contributed by atoms with Crippen LogP contribution in [0, 0.1) is 0 Å². The molecule has 0 fully saturated rings. The van der Waals surface area contributed by atoms with Crippen molar-refractivity contribution < 1.29 is 0 Å². The third-order valence-corrected chi connectivity index (χ3v) is 11.1. The van der Waals surface area contributed by atoms with Gasteiger partial charge < -0.3 is 14.4 Å². The fourth-order valence-corrected chi connectivity index (χ4v) is 9.01. The van der Waals surface area contributed by atoms with E-state index in [2.05, 4.69) is 215 Å². The molecule has 0 aliphatic rings. The molecule has 0 N–H and O–H groups in total. The highest BCUT2D eigenvalue weighted by Gasteiger charge is 2.26. The van der Waals surface area contributed by atoms with Gasteiger partial charge in [-0.15, -0.1) is 11.3 Å². The first-order chi connectivity index (χ1) is 25.8. The largest absolute Gasteiger partial charge is 0.310 e. The SMILES string of the molecule is c1ccc(N(c2ccccc2)c2ccc(N(c3ccccc3)c3ccccc3)c3c2sc2cccc(-n4c5ccccc5c5ccccc54)c23)cc1. The lowest BCUT2D eigenvalue weighted by molar-refractivity contribution is 1.20. The number of rotatable bonds is 7. The van der Waals surface area contributed by atoms with E-state index in [1.54, 1.807) is 0 Å². The van der Waals surface area contributed by atoms with Crippen molar-refractivity contribution in [2.24, 2.45) is 0 Å². The lowest BCUT2D eigenvalue weighted by atomic mass is 10.0. The van der Waals surface area contributed by atoms with Gasteiger partial charge in [-0.3, -0.25) is 0 Å². The van der Waals surface area contributed by atoms with Gasteiger partial charge in [-0.2, -0.15) is 0 Å². The molecule has 2 aromatic heterocycles. The molecule has 246 valence electrons. The molecule has 0 saturated carbocycles. The van der Waals surface area contributed by atoms with Crippen LogP contribution < -0.4 is 9.80 Å². The molecule has 4 heteroatoms. The fourth-order valence-electron chi connectivity index (χ4n) is 7.77. The van der Waals surface area contributed by atoms with E-state index in [4.69, 9.17) is 0 Å². The van der Waals surface area contributed by atoms with Gasteiger partial charge in [-0.25, -0.2) is 0 Å². The summed E-state index contributed by atoms with van der Waals surface area (Å²) in [6.45, 7) is 0. The number of aromatic nitrogens is 1.